The van der Waals surface area contributed by atoms with E-state index in [4.69, 9.17) is 4.74 Å². The van der Waals surface area contributed by atoms with Crippen molar-refractivity contribution in [3.63, 3.8) is 0 Å². The van der Waals surface area contributed by atoms with E-state index in [-0.39, 0.29) is 0 Å². The van der Waals surface area contributed by atoms with Gasteiger partial charge in [0.2, 0.25) is 0 Å². The summed E-state index contributed by atoms with van der Waals surface area (Å²) in [7, 11) is 1.67. The summed E-state index contributed by atoms with van der Waals surface area (Å²) in [5.41, 5.74) is 2.18. The van der Waals surface area contributed by atoms with Crippen molar-refractivity contribution in [2.24, 2.45) is 0 Å². The molecule has 0 aliphatic rings. The van der Waals surface area contributed by atoms with Gasteiger partial charge < -0.3 is 10.1 Å². The Morgan fingerprint density at radius 1 is 1.29 bits per heavy atom. The first-order chi connectivity index (χ1) is 8.29. The van der Waals surface area contributed by atoms with Crippen LogP contribution in [0, 0.1) is 6.92 Å². The number of nitrogens with zero attached hydrogens (tertiary/aromatic N) is 2. The van der Waals surface area contributed by atoms with Crippen LogP contribution in [0.25, 0.3) is 0 Å². The molecule has 0 aliphatic heterocycles. The molecule has 1 aromatic carbocycles. The Kier molecular flexibility index (Phi) is 3.55. The van der Waals surface area contributed by atoms with Crippen LogP contribution in [0.4, 0.5) is 5.82 Å². The Morgan fingerprint density at radius 3 is 2.88 bits per heavy atom. The molecule has 1 aromatic heterocycles. The van der Waals surface area contributed by atoms with E-state index in [1.165, 1.54) is 0 Å². The fourth-order valence-corrected chi connectivity index (χ4v) is 1.59. The summed E-state index contributed by atoms with van der Waals surface area (Å²) in [5.74, 6) is 1.65. The number of rotatable bonds is 4. The SMILES string of the molecule is COc1ccccc1CNc1cc(C)cnn1. The van der Waals surface area contributed by atoms with E-state index >= 15 is 0 Å². The molecule has 17 heavy (non-hydrogen) atoms. The lowest BCUT2D eigenvalue weighted by atomic mass is 10.2. The van der Waals surface area contributed by atoms with Gasteiger partial charge in [0.1, 0.15) is 11.6 Å². The van der Waals surface area contributed by atoms with E-state index in [2.05, 4.69) is 15.5 Å². The molecule has 88 valence electrons. The molecule has 0 amide bonds. The van der Waals surface area contributed by atoms with Gasteiger partial charge in [-0.25, -0.2) is 0 Å². The summed E-state index contributed by atoms with van der Waals surface area (Å²) >= 11 is 0. The lowest BCUT2D eigenvalue weighted by Gasteiger charge is -2.09. The van der Waals surface area contributed by atoms with Crippen molar-refractivity contribution in [2.45, 2.75) is 13.5 Å². The average Bonchev–Trinajstić information content (AvgIpc) is 2.37. The zero-order chi connectivity index (χ0) is 12.1. The molecule has 4 nitrogen and oxygen atoms in total. The highest BCUT2D eigenvalue weighted by molar-refractivity contribution is 5.40. The maximum atomic E-state index is 5.28. The highest BCUT2D eigenvalue weighted by Crippen LogP contribution is 2.18. The second-order valence-electron chi connectivity index (χ2n) is 3.78. The monoisotopic (exact) mass is 229 g/mol. The van der Waals surface area contributed by atoms with E-state index in [1.54, 1.807) is 13.3 Å². The normalized spacial score (nSPS) is 10.0. The molecule has 0 bridgehead atoms. The van der Waals surface area contributed by atoms with Crippen LogP contribution in [0.15, 0.2) is 36.5 Å². The van der Waals surface area contributed by atoms with Crippen molar-refractivity contribution >= 4 is 5.82 Å². The molecular formula is C13H15N3O. The summed E-state index contributed by atoms with van der Waals surface area (Å²) in [6.07, 6.45) is 1.73. The number of hydrogen-bond donors (Lipinski definition) is 1. The van der Waals surface area contributed by atoms with E-state index in [1.807, 2.05) is 37.3 Å². The standard InChI is InChI=1S/C13H15N3O/c1-10-7-13(16-15-8-10)14-9-11-5-3-4-6-12(11)17-2/h3-8H,9H2,1-2H3,(H,14,16). The second-order valence-corrected chi connectivity index (χ2v) is 3.78. The minimum Gasteiger partial charge on any atom is -0.496 e. The van der Waals surface area contributed by atoms with Gasteiger partial charge in [-0.1, -0.05) is 18.2 Å². The van der Waals surface area contributed by atoms with Crippen LogP contribution in [0.5, 0.6) is 5.75 Å². The summed E-state index contributed by atoms with van der Waals surface area (Å²) in [6, 6.07) is 9.87. The Bertz CT molecular complexity index is 500. The third-order valence-corrected chi connectivity index (χ3v) is 2.44. The van der Waals surface area contributed by atoms with Gasteiger partial charge in [-0.05, 0) is 24.6 Å². The van der Waals surface area contributed by atoms with Gasteiger partial charge in [-0.3, -0.25) is 0 Å². The molecule has 4 heteroatoms. The minimum atomic E-state index is 0.669. The zero-order valence-corrected chi connectivity index (χ0v) is 9.97. The van der Waals surface area contributed by atoms with Crippen molar-refractivity contribution in [1.29, 1.82) is 0 Å². The molecule has 0 aliphatic carbocycles. The predicted octanol–water partition coefficient (Wildman–Crippen LogP) is 2.41. The van der Waals surface area contributed by atoms with Crippen LogP contribution in [-0.4, -0.2) is 17.3 Å². The first-order valence-electron chi connectivity index (χ1n) is 5.44. The number of hydrogen-bond acceptors (Lipinski definition) is 4. The number of benzene rings is 1. The van der Waals surface area contributed by atoms with E-state index in [0.29, 0.717) is 6.54 Å². The van der Waals surface area contributed by atoms with Gasteiger partial charge in [0.15, 0.2) is 0 Å². The van der Waals surface area contributed by atoms with Crippen molar-refractivity contribution in [1.82, 2.24) is 10.2 Å². The van der Waals surface area contributed by atoms with Crippen molar-refractivity contribution < 1.29 is 4.74 Å². The fraction of sp³-hybridized carbons (Fsp3) is 0.231. The number of aromatic nitrogens is 2. The highest BCUT2D eigenvalue weighted by atomic mass is 16.5. The Balaban J connectivity index is 2.07. The summed E-state index contributed by atoms with van der Waals surface area (Å²) in [6.45, 7) is 2.66. The summed E-state index contributed by atoms with van der Waals surface area (Å²) in [4.78, 5) is 0. The molecule has 0 saturated carbocycles. The van der Waals surface area contributed by atoms with E-state index < -0.39 is 0 Å². The zero-order valence-electron chi connectivity index (χ0n) is 9.97. The maximum Gasteiger partial charge on any atom is 0.149 e. The number of aryl methyl sites for hydroxylation is 1. The Hall–Kier alpha value is -2.10. The van der Waals surface area contributed by atoms with E-state index in [0.717, 1.165) is 22.7 Å². The molecule has 1 N–H and O–H groups in total. The summed E-state index contributed by atoms with van der Waals surface area (Å²) < 4.78 is 5.28. The molecule has 0 fully saturated rings. The largest absolute Gasteiger partial charge is 0.496 e. The number of ether oxygens (including phenoxy) is 1. The molecule has 0 saturated heterocycles. The van der Waals surface area contributed by atoms with Crippen LogP contribution in [-0.2, 0) is 6.54 Å². The van der Waals surface area contributed by atoms with Gasteiger partial charge in [-0.2, -0.15) is 5.10 Å². The number of anilines is 1. The lowest BCUT2D eigenvalue weighted by Crippen LogP contribution is -2.04. The molecule has 0 radical (unpaired) electrons. The van der Waals surface area contributed by atoms with Crippen LogP contribution in [0.2, 0.25) is 0 Å². The molecule has 0 unspecified atom stereocenters. The minimum absolute atomic E-state index is 0.669. The number of para-hydroxylation sites is 1. The van der Waals surface area contributed by atoms with Crippen molar-refractivity contribution in [3.05, 3.63) is 47.7 Å². The molecule has 0 spiro atoms. The Labute approximate surface area is 101 Å². The first-order valence-corrected chi connectivity index (χ1v) is 5.44. The topological polar surface area (TPSA) is 47.0 Å². The smallest absolute Gasteiger partial charge is 0.149 e. The summed E-state index contributed by atoms with van der Waals surface area (Å²) in [5, 5.41) is 11.1. The predicted molar refractivity (Wildman–Crippen MR) is 67.1 cm³/mol. The quantitative estimate of drug-likeness (QED) is 0.874. The Morgan fingerprint density at radius 2 is 2.12 bits per heavy atom. The third-order valence-electron chi connectivity index (χ3n) is 2.44. The van der Waals surface area contributed by atoms with Gasteiger partial charge in [0.25, 0.3) is 0 Å². The molecule has 2 rings (SSSR count). The van der Waals surface area contributed by atoms with Crippen LogP contribution < -0.4 is 10.1 Å². The van der Waals surface area contributed by atoms with Gasteiger partial charge in [0, 0.05) is 12.1 Å². The highest BCUT2D eigenvalue weighted by Gasteiger charge is 2.01. The third kappa shape index (κ3) is 2.93. The first kappa shape index (κ1) is 11.4. The molecule has 0 atom stereocenters. The van der Waals surface area contributed by atoms with Crippen LogP contribution in [0.3, 0.4) is 0 Å². The molecule has 1 heterocycles. The van der Waals surface area contributed by atoms with Gasteiger partial charge in [0.05, 0.1) is 13.3 Å². The van der Waals surface area contributed by atoms with Crippen LogP contribution in [0.1, 0.15) is 11.1 Å². The van der Waals surface area contributed by atoms with Crippen molar-refractivity contribution in [2.75, 3.05) is 12.4 Å². The van der Waals surface area contributed by atoms with Gasteiger partial charge >= 0.3 is 0 Å². The van der Waals surface area contributed by atoms with Crippen LogP contribution >= 0.6 is 0 Å². The maximum absolute atomic E-state index is 5.28. The average molecular weight is 229 g/mol. The molecular weight excluding hydrogens is 214 g/mol. The second kappa shape index (κ2) is 5.30. The van der Waals surface area contributed by atoms with E-state index in [9.17, 15) is 0 Å². The molecule has 2 aromatic rings. The number of methoxy groups -OCH3 is 1. The fourth-order valence-electron chi connectivity index (χ4n) is 1.59. The van der Waals surface area contributed by atoms with Crippen molar-refractivity contribution in [3.8, 4) is 5.75 Å². The lowest BCUT2D eigenvalue weighted by molar-refractivity contribution is 0.410. The van der Waals surface area contributed by atoms with Gasteiger partial charge in [-0.15, -0.1) is 5.10 Å². The number of nitrogens with one attached hydrogen (secondary N) is 1.